The lowest BCUT2D eigenvalue weighted by molar-refractivity contribution is -0.119. The first-order valence-corrected chi connectivity index (χ1v) is 11.9. The van der Waals surface area contributed by atoms with Gasteiger partial charge in [-0.15, -0.1) is 11.3 Å². The van der Waals surface area contributed by atoms with E-state index in [1.165, 1.54) is 5.69 Å². The first-order chi connectivity index (χ1) is 15.3. The number of anilines is 2. The van der Waals surface area contributed by atoms with Gasteiger partial charge in [0.05, 0.1) is 30.2 Å². The van der Waals surface area contributed by atoms with Gasteiger partial charge in [-0.25, -0.2) is 15.0 Å². The van der Waals surface area contributed by atoms with Crippen LogP contribution in [0, 0.1) is 5.92 Å². The summed E-state index contributed by atoms with van der Waals surface area (Å²) < 4.78 is 5.47. The molecule has 2 aliphatic heterocycles. The molecule has 3 aromatic rings. The minimum atomic E-state index is 0.282. The summed E-state index contributed by atoms with van der Waals surface area (Å²) >= 11 is 1.55. The van der Waals surface area contributed by atoms with Gasteiger partial charge in [-0.05, 0) is 37.0 Å². The number of thiazole rings is 1. The number of benzene rings is 1. The van der Waals surface area contributed by atoms with Crippen molar-refractivity contribution in [2.24, 2.45) is 5.92 Å². The summed E-state index contributed by atoms with van der Waals surface area (Å²) in [5.74, 6) is 1.62. The Bertz CT molecular complexity index is 1040. The zero-order valence-electron chi connectivity index (χ0n) is 17.6. The van der Waals surface area contributed by atoms with Gasteiger partial charge < -0.3 is 14.5 Å². The number of hydrogen-bond acceptors (Lipinski definition) is 8. The Morgan fingerprint density at radius 1 is 1.13 bits per heavy atom. The van der Waals surface area contributed by atoms with Gasteiger partial charge in [0.15, 0.2) is 0 Å². The number of hydrogen-bond donors (Lipinski definition) is 0. The minimum absolute atomic E-state index is 0.282. The fourth-order valence-electron chi connectivity index (χ4n) is 4.63. The van der Waals surface area contributed by atoms with Crippen molar-refractivity contribution < 1.29 is 9.53 Å². The van der Waals surface area contributed by atoms with Crippen LogP contribution in [0.1, 0.15) is 24.3 Å². The maximum absolute atomic E-state index is 12.5. The third kappa shape index (κ3) is 4.70. The van der Waals surface area contributed by atoms with Crippen LogP contribution in [0.15, 0.2) is 36.1 Å². The molecule has 2 saturated heterocycles. The molecule has 2 aliphatic rings. The molecule has 2 aromatic heterocycles. The van der Waals surface area contributed by atoms with Crippen LogP contribution in [-0.4, -0.2) is 60.1 Å². The molecule has 5 rings (SSSR count). The molecule has 0 amide bonds. The second kappa shape index (κ2) is 9.28. The second-order valence-electron chi connectivity index (χ2n) is 8.30. The summed E-state index contributed by atoms with van der Waals surface area (Å²) in [6.45, 7) is 5.18. The van der Waals surface area contributed by atoms with Crippen LogP contribution >= 0.6 is 11.3 Å². The van der Waals surface area contributed by atoms with Crippen molar-refractivity contribution in [3.63, 3.8) is 0 Å². The lowest BCUT2D eigenvalue weighted by Crippen LogP contribution is -2.37. The van der Waals surface area contributed by atoms with Crippen molar-refractivity contribution in [1.82, 2.24) is 15.0 Å². The number of morpholine rings is 1. The monoisotopic (exact) mass is 437 g/mol. The summed E-state index contributed by atoms with van der Waals surface area (Å²) in [7, 11) is 0. The van der Waals surface area contributed by atoms with Gasteiger partial charge in [0.1, 0.15) is 17.9 Å². The van der Waals surface area contributed by atoms with E-state index >= 15 is 0 Å². The highest BCUT2D eigenvalue weighted by molar-refractivity contribution is 7.09. The van der Waals surface area contributed by atoms with E-state index in [2.05, 4.69) is 43.0 Å². The summed E-state index contributed by atoms with van der Waals surface area (Å²) in [6.07, 6.45) is 6.66. The van der Waals surface area contributed by atoms with Gasteiger partial charge in [-0.3, -0.25) is 4.79 Å². The van der Waals surface area contributed by atoms with Gasteiger partial charge >= 0.3 is 0 Å². The molecular weight excluding hydrogens is 410 g/mol. The fraction of sp³-hybridized carbons (Fsp3) is 0.478. The van der Waals surface area contributed by atoms with Gasteiger partial charge in [0.2, 0.25) is 0 Å². The SMILES string of the molecule is O=C(Cc1nccs1)CC1CCCN(c2ncnc3cc(N4CCOCC4)ccc23)C1. The number of aromatic nitrogens is 3. The van der Waals surface area contributed by atoms with Crippen LogP contribution in [0.4, 0.5) is 11.5 Å². The first kappa shape index (κ1) is 20.3. The predicted octanol–water partition coefficient (Wildman–Crippen LogP) is 3.34. The van der Waals surface area contributed by atoms with Crippen LogP contribution in [-0.2, 0) is 16.0 Å². The second-order valence-corrected chi connectivity index (χ2v) is 9.28. The summed E-state index contributed by atoms with van der Waals surface area (Å²) in [6, 6.07) is 6.47. The summed E-state index contributed by atoms with van der Waals surface area (Å²) in [4.78, 5) is 30.6. The highest BCUT2D eigenvalue weighted by Crippen LogP contribution is 2.31. The van der Waals surface area contributed by atoms with Gasteiger partial charge in [0, 0.05) is 55.3 Å². The molecule has 7 nitrogen and oxygen atoms in total. The van der Waals surface area contributed by atoms with E-state index in [0.29, 0.717) is 18.8 Å². The Kier molecular flexibility index (Phi) is 6.08. The Balaban J connectivity index is 1.30. The third-order valence-corrected chi connectivity index (χ3v) is 6.92. The number of rotatable bonds is 6. The first-order valence-electron chi connectivity index (χ1n) is 11.0. The number of fused-ring (bicyclic) bond motifs is 1. The van der Waals surface area contributed by atoms with Crippen LogP contribution in [0.2, 0.25) is 0 Å². The van der Waals surface area contributed by atoms with Crippen molar-refractivity contribution in [2.75, 3.05) is 49.2 Å². The molecule has 0 spiro atoms. The van der Waals surface area contributed by atoms with Crippen LogP contribution < -0.4 is 9.80 Å². The fourth-order valence-corrected chi connectivity index (χ4v) is 5.27. The maximum atomic E-state index is 12.5. The highest BCUT2D eigenvalue weighted by atomic mass is 32.1. The van der Waals surface area contributed by atoms with E-state index in [4.69, 9.17) is 4.74 Å². The molecule has 0 bridgehead atoms. The van der Waals surface area contributed by atoms with Gasteiger partial charge in [0.25, 0.3) is 0 Å². The van der Waals surface area contributed by atoms with Gasteiger partial charge in [-0.2, -0.15) is 0 Å². The molecule has 0 aliphatic carbocycles. The molecule has 1 unspecified atom stereocenters. The van der Waals surface area contributed by atoms with Crippen molar-refractivity contribution >= 4 is 39.5 Å². The Labute approximate surface area is 186 Å². The number of carbonyl (C=O) groups excluding carboxylic acids is 1. The lowest BCUT2D eigenvalue weighted by atomic mass is 9.92. The normalized spacial score (nSPS) is 19.7. The predicted molar refractivity (Wildman–Crippen MR) is 123 cm³/mol. The molecule has 31 heavy (non-hydrogen) atoms. The van der Waals surface area contributed by atoms with Crippen LogP contribution in [0.5, 0.6) is 0 Å². The number of nitrogens with zero attached hydrogens (tertiary/aromatic N) is 5. The van der Waals surface area contributed by atoms with Crippen LogP contribution in [0.25, 0.3) is 10.9 Å². The largest absolute Gasteiger partial charge is 0.378 e. The lowest BCUT2D eigenvalue weighted by Gasteiger charge is -2.34. The van der Waals surface area contributed by atoms with E-state index in [-0.39, 0.29) is 5.78 Å². The zero-order chi connectivity index (χ0) is 21.0. The highest BCUT2D eigenvalue weighted by Gasteiger charge is 2.25. The topological polar surface area (TPSA) is 71.5 Å². The van der Waals surface area contributed by atoms with E-state index in [9.17, 15) is 4.79 Å². The number of carbonyl (C=O) groups is 1. The molecule has 0 N–H and O–H groups in total. The smallest absolute Gasteiger partial charge is 0.140 e. The average molecular weight is 438 g/mol. The molecule has 8 heteroatoms. The molecule has 1 aromatic carbocycles. The standard InChI is InChI=1S/C23H27N5O2S/c29-19(14-22-24-5-11-31-22)12-17-2-1-6-28(15-17)23-20-4-3-18(13-21(20)25-16-26-23)27-7-9-30-10-8-27/h3-5,11,13,16-17H,1-2,6-10,12,14-15H2. The van der Waals surface area contributed by atoms with Gasteiger partial charge in [-0.1, -0.05) is 0 Å². The molecule has 1 atom stereocenters. The number of Topliss-reactive ketones (excluding diaryl/α,β-unsaturated/α-hetero) is 1. The summed E-state index contributed by atoms with van der Waals surface area (Å²) in [5.41, 5.74) is 2.15. The molecular formula is C23H27N5O2S. The summed E-state index contributed by atoms with van der Waals surface area (Å²) in [5, 5.41) is 3.92. The molecule has 2 fully saturated rings. The van der Waals surface area contributed by atoms with E-state index in [0.717, 1.165) is 74.0 Å². The third-order valence-electron chi connectivity index (χ3n) is 6.14. The Morgan fingerprint density at radius 3 is 2.87 bits per heavy atom. The van der Waals surface area contributed by atoms with E-state index in [1.54, 1.807) is 23.9 Å². The Morgan fingerprint density at radius 2 is 2.03 bits per heavy atom. The van der Waals surface area contributed by atoms with E-state index in [1.807, 2.05) is 5.38 Å². The van der Waals surface area contributed by atoms with E-state index < -0.39 is 0 Å². The van der Waals surface area contributed by atoms with Crippen molar-refractivity contribution in [3.8, 4) is 0 Å². The number of piperidine rings is 1. The maximum Gasteiger partial charge on any atom is 0.140 e. The van der Waals surface area contributed by atoms with Crippen molar-refractivity contribution in [1.29, 1.82) is 0 Å². The van der Waals surface area contributed by atoms with Crippen LogP contribution in [0.3, 0.4) is 0 Å². The number of ether oxygens (including phenoxy) is 1. The van der Waals surface area contributed by atoms with Crippen molar-refractivity contribution in [3.05, 3.63) is 41.1 Å². The minimum Gasteiger partial charge on any atom is -0.378 e. The molecule has 162 valence electrons. The molecule has 0 saturated carbocycles. The van der Waals surface area contributed by atoms with Crippen molar-refractivity contribution in [2.45, 2.75) is 25.7 Å². The molecule has 4 heterocycles. The molecule has 0 radical (unpaired) electrons. The average Bonchev–Trinajstić information content (AvgIpc) is 3.32. The Hall–Kier alpha value is -2.58. The quantitative estimate of drug-likeness (QED) is 0.586. The number of ketones is 1. The zero-order valence-corrected chi connectivity index (χ0v) is 18.4.